The maximum Gasteiger partial charge on any atom is 0.0332 e. The summed E-state index contributed by atoms with van der Waals surface area (Å²) < 4.78 is 1.10. The number of hydrogen-bond acceptors (Lipinski definition) is 0. The van der Waals surface area contributed by atoms with Gasteiger partial charge in [-0.1, -0.05) is 79.9 Å². The van der Waals surface area contributed by atoms with Crippen molar-refractivity contribution < 1.29 is 0 Å². The number of rotatable bonds is 11. The summed E-state index contributed by atoms with van der Waals surface area (Å²) in [4.78, 5) is 0. The van der Waals surface area contributed by atoms with Crippen LogP contribution in [0.5, 0.6) is 0 Å². The van der Waals surface area contributed by atoms with E-state index in [4.69, 9.17) is 23.2 Å². The predicted octanol–water partition coefficient (Wildman–Crippen LogP) is 7.31. The van der Waals surface area contributed by atoms with E-state index in [1.165, 1.54) is 50.5 Å². The van der Waals surface area contributed by atoms with E-state index in [1.807, 2.05) is 6.07 Å². The lowest BCUT2D eigenvalue weighted by molar-refractivity contribution is 0.451. The van der Waals surface area contributed by atoms with E-state index in [2.05, 4.69) is 41.1 Å². The number of alkyl halides is 2. The summed E-state index contributed by atoms with van der Waals surface area (Å²) in [6, 6.07) is 8.42. The SMILES string of the molecule is CCCCCCCCCC(CCl)(CCl)c1cccc(Br)c1. The lowest BCUT2D eigenvalue weighted by Gasteiger charge is -2.30. The third kappa shape index (κ3) is 6.50. The van der Waals surface area contributed by atoms with Crippen LogP contribution in [0.1, 0.15) is 63.9 Å². The van der Waals surface area contributed by atoms with Crippen LogP contribution < -0.4 is 0 Å². The lowest BCUT2D eigenvalue weighted by atomic mass is 9.79. The highest BCUT2D eigenvalue weighted by molar-refractivity contribution is 9.10. The molecule has 0 saturated carbocycles. The van der Waals surface area contributed by atoms with Gasteiger partial charge < -0.3 is 0 Å². The fraction of sp³-hybridized carbons (Fsp3) is 0.667. The molecule has 1 aromatic carbocycles. The molecule has 1 rings (SSSR count). The molecule has 0 aliphatic carbocycles. The van der Waals surface area contributed by atoms with Crippen molar-refractivity contribution in [3.63, 3.8) is 0 Å². The van der Waals surface area contributed by atoms with E-state index in [0.29, 0.717) is 11.8 Å². The van der Waals surface area contributed by atoms with Gasteiger partial charge in [-0.05, 0) is 24.1 Å². The van der Waals surface area contributed by atoms with Crippen molar-refractivity contribution in [1.82, 2.24) is 0 Å². The molecule has 0 aromatic heterocycles. The molecule has 1 aromatic rings. The highest BCUT2D eigenvalue weighted by atomic mass is 79.9. The molecule has 120 valence electrons. The van der Waals surface area contributed by atoms with Gasteiger partial charge in [0.2, 0.25) is 0 Å². The van der Waals surface area contributed by atoms with E-state index in [0.717, 1.165) is 10.9 Å². The van der Waals surface area contributed by atoms with Crippen LogP contribution in [0.2, 0.25) is 0 Å². The Labute approximate surface area is 148 Å². The Balaban J connectivity index is 2.49. The van der Waals surface area contributed by atoms with Gasteiger partial charge in [0.1, 0.15) is 0 Å². The Morgan fingerprint density at radius 1 is 0.952 bits per heavy atom. The second-order valence-electron chi connectivity index (χ2n) is 5.93. The zero-order chi connectivity index (χ0) is 15.6. The van der Waals surface area contributed by atoms with Crippen LogP contribution in [0.15, 0.2) is 28.7 Å². The molecular formula is C18H27BrCl2. The van der Waals surface area contributed by atoms with Crippen LogP contribution in [-0.2, 0) is 5.41 Å². The first-order valence-corrected chi connectivity index (χ1v) is 9.92. The van der Waals surface area contributed by atoms with Gasteiger partial charge in [-0.15, -0.1) is 23.2 Å². The van der Waals surface area contributed by atoms with Crippen LogP contribution in [-0.4, -0.2) is 11.8 Å². The van der Waals surface area contributed by atoms with E-state index in [9.17, 15) is 0 Å². The summed E-state index contributed by atoms with van der Waals surface area (Å²) in [5.41, 5.74) is 1.17. The zero-order valence-corrected chi connectivity index (χ0v) is 16.1. The van der Waals surface area contributed by atoms with Crippen molar-refractivity contribution in [2.45, 2.75) is 63.7 Å². The quantitative estimate of drug-likeness (QED) is 0.273. The first-order chi connectivity index (χ1) is 10.2. The van der Waals surface area contributed by atoms with Crippen molar-refractivity contribution in [2.24, 2.45) is 0 Å². The molecule has 0 saturated heterocycles. The van der Waals surface area contributed by atoms with Crippen molar-refractivity contribution in [3.8, 4) is 0 Å². The monoisotopic (exact) mass is 392 g/mol. The van der Waals surface area contributed by atoms with E-state index in [1.54, 1.807) is 0 Å². The van der Waals surface area contributed by atoms with Gasteiger partial charge in [-0.2, -0.15) is 0 Å². The van der Waals surface area contributed by atoms with Gasteiger partial charge in [0.25, 0.3) is 0 Å². The van der Waals surface area contributed by atoms with Crippen molar-refractivity contribution in [2.75, 3.05) is 11.8 Å². The van der Waals surface area contributed by atoms with Crippen LogP contribution in [0.3, 0.4) is 0 Å². The van der Waals surface area contributed by atoms with Crippen LogP contribution in [0.25, 0.3) is 0 Å². The number of halogens is 3. The normalized spacial score (nSPS) is 11.8. The van der Waals surface area contributed by atoms with Crippen molar-refractivity contribution in [1.29, 1.82) is 0 Å². The molecule has 0 aliphatic rings. The number of benzene rings is 1. The second kappa shape index (κ2) is 10.9. The largest absolute Gasteiger partial charge is 0.126 e. The average molecular weight is 394 g/mol. The number of unbranched alkanes of at least 4 members (excludes halogenated alkanes) is 6. The summed E-state index contributed by atoms with van der Waals surface area (Å²) in [6.45, 7) is 2.26. The molecule has 0 heterocycles. The first kappa shape index (κ1) is 19.3. The maximum absolute atomic E-state index is 6.29. The third-order valence-corrected chi connectivity index (χ3v) is 5.72. The molecule has 0 N–H and O–H groups in total. The third-order valence-electron chi connectivity index (χ3n) is 4.21. The topological polar surface area (TPSA) is 0 Å². The molecule has 0 amide bonds. The molecule has 0 spiro atoms. The van der Waals surface area contributed by atoms with E-state index >= 15 is 0 Å². The Morgan fingerprint density at radius 3 is 2.14 bits per heavy atom. The molecule has 3 heteroatoms. The summed E-state index contributed by atoms with van der Waals surface area (Å²) >= 11 is 16.1. The van der Waals surface area contributed by atoms with Gasteiger partial charge >= 0.3 is 0 Å². The first-order valence-electron chi connectivity index (χ1n) is 8.06. The average Bonchev–Trinajstić information content (AvgIpc) is 2.51. The Morgan fingerprint density at radius 2 is 1.57 bits per heavy atom. The Kier molecular flexibility index (Phi) is 10.0. The van der Waals surface area contributed by atoms with Crippen molar-refractivity contribution in [3.05, 3.63) is 34.3 Å². The van der Waals surface area contributed by atoms with Crippen LogP contribution >= 0.6 is 39.1 Å². The summed E-state index contributed by atoms with van der Waals surface area (Å²) in [6.07, 6.45) is 10.3. The highest BCUT2D eigenvalue weighted by Crippen LogP contribution is 2.34. The van der Waals surface area contributed by atoms with Gasteiger partial charge in [0.15, 0.2) is 0 Å². The van der Waals surface area contributed by atoms with Crippen LogP contribution in [0.4, 0.5) is 0 Å². The van der Waals surface area contributed by atoms with Gasteiger partial charge in [-0.3, -0.25) is 0 Å². The molecule has 21 heavy (non-hydrogen) atoms. The molecule has 0 nitrogen and oxygen atoms in total. The minimum atomic E-state index is -0.0870. The zero-order valence-electron chi connectivity index (χ0n) is 13.0. The Bertz CT molecular complexity index is 389. The predicted molar refractivity (Wildman–Crippen MR) is 99.9 cm³/mol. The van der Waals surface area contributed by atoms with E-state index < -0.39 is 0 Å². The molecule has 0 unspecified atom stereocenters. The van der Waals surface area contributed by atoms with Crippen molar-refractivity contribution >= 4 is 39.1 Å². The maximum atomic E-state index is 6.29. The van der Waals surface area contributed by atoms with E-state index in [-0.39, 0.29) is 5.41 Å². The minimum Gasteiger partial charge on any atom is -0.126 e. The summed E-state index contributed by atoms with van der Waals surface area (Å²) in [7, 11) is 0. The smallest absolute Gasteiger partial charge is 0.0332 e. The highest BCUT2D eigenvalue weighted by Gasteiger charge is 2.30. The fourth-order valence-electron chi connectivity index (χ4n) is 2.71. The Hall–Kier alpha value is 0.280. The fourth-order valence-corrected chi connectivity index (χ4v) is 3.97. The molecule has 0 aliphatic heterocycles. The van der Waals surface area contributed by atoms with Gasteiger partial charge in [0, 0.05) is 21.6 Å². The summed E-state index contributed by atoms with van der Waals surface area (Å²) in [5.74, 6) is 1.17. The van der Waals surface area contributed by atoms with Gasteiger partial charge in [-0.25, -0.2) is 0 Å². The molecule has 0 radical (unpaired) electrons. The minimum absolute atomic E-state index is 0.0870. The standard InChI is InChI=1S/C18H27BrCl2/c1-2-3-4-5-6-7-8-12-18(14-20,15-21)16-10-9-11-17(19)13-16/h9-11,13H,2-8,12,14-15H2,1H3. The molecular weight excluding hydrogens is 367 g/mol. The van der Waals surface area contributed by atoms with Crippen LogP contribution in [0, 0.1) is 0 Å². The lowest BCUT2D eigenvalue weighted by Crippen LogP contribution is -2.30. The second-order valence-corrected chi connectivity index (χ2v) is 7.38. The molecule has 0 fully saturated rings. The molecule has 0 atom stereocenters. The summed E-state index contributed by atoms with van der Waals surface area (Å²) in [5, 5.41) is 0. The molecule has 0 bridgehead atoms. The van der Waals surface area contributed by atoms with Gasteiger partial charge in [0.05, 0.1) is 0 Å². The number of hydrogen-bond donors (Lipinski definition) is 0.